The summed E-state index contributed by atoms with van der Waals surface area (Å²) < 4.78 is 11.3. The highest BCUT2D eigenvalue weighted by Gasteiger charge is 2.25. The van der Waals surface area contributed by atoms with E-state index in [9.17, 15) is 5.11 Å². The highest BCUT2D eigenvalue weighted by atomic mass is 16.5. The molecule has 4 rings (SSSR count). The van der Waals surface area contributed by atoms with Crippen LogP contribution in [0.5, 0.6) is 11.5 Å². The summed E-state index contributed by atoms with van der Waals surface area (Å²) >= 11 is 0. The minimum atomic E-state index is 0.309. The van der Waals surface area contributed by atoms with Gasteiger partial charge < -0.3 is 14.6 Å². The molecular formula is C27H38N2O3. The molecule has 0 unspecified atom stereocenters. The first-order valence-electron chi connectivity index (χ1n) is 12.1. The second kappa shape index (κ2) is 11.2. The van der Waals surface area contributed by atoms with Crippen molar-refractivity contribution in [2.75, 3.05) is 39.9 Å². The maximum atomic E-state index is 10.4. The highest BCUT2D eigenvalue weighted by Crippen LogP contribution is 2.27. The number of rotatable bonds is 9. The molecule has 1 atom stereocenters. The largest absolute Gasteiger partial charge is 0.508 e. The molecular weight excluding hydrogens is 400 g/mol. The summed E-state index contributed by atoms with van der Waals surface area (Å²) in [5.74, 6) is 1.81. The Labute approximate surface area is 192 Å². The summed E-state index contributed by atoms with van der Waals surface area (Å²) in [5.41, 5.74) is 3.76. The van der Waals surface area contributed by atoms with Gasteiger partial charge >= 0.3 is 0 Å². The Morgan fingerprint density at radius 3 is 2.59 bits per heavy atom. The Balaban J connectivity index is 1.35. The minimum Gasteiger partial charge on any atom is -0.508 e. The van der Waals surface area contributed by atoms with Crippen molar-refractivity contribution in [3.63, 3.8) is 0 Å². The first kappa shape index (κ1) is 23.1. The Kier molecular flexibility index (Phi) is 8.06. The summed E-state index contributed by atoms with van der Waals surface area (Å²) in [6.07, 6.45) is 5.04. The predicted molar refractivity (Wildman–Crippen MR) is 128 cm³/mol. The van der Waals surface area contributed by atoms with Crippen LogP contribution < -0.4 is 4.74 Å². The van der Waals surface area contributed by atoms with E-state index in [1.54, 1.807) is 13.2 Å². The van der Waals surface area contributed by atoms with E-state index in [4.69, 9.17) is 9.47 Å². The van der Waals surface area contributed by atoms with E-state index in [2.05, 4.69) is 41.0 Å². The SMILES string of the molecule is COc1ccc(O)c(CN(CC2CCN(Cc3ccccc3C)CC2)C[C@@H]2CCCO2)c1. The Hall–Kier alpha value is -2.08. The second-order valence-corrected chi connectivity index (χ2v) is 9.47. The lowest BCUT2D eigenvalue weighted by molar-refractivity contribution is 0.0567. The van der Waals surface area contributed by atoms with Crippen LogP contribution in [0.15, 0.2) is 42.5 Å². The number of hydrogen-bond donors (Lipinski definition) is 1. The average Bonchev–Trinajstić information content (AvgIpc) is 3.31. The maximum absolute atomic E-state index is 10.4. The van der Waals surface area contributed by atoms with Gasteiger partial charge in [-0.2, -0.15) is 0 Å². The van der Waals surface area contributed by atoms with E-state index in [0.717, 1.165) is 70.0 Å². The molecule has 0 amide bonds. The number of methoxy groups -OCH3 is 1. The van der Waals surface area contributed by atoms with Crippen molar-refractivity contribution in [2.24, 2.45) is 5.92 Å². The van der Waals surface area contributed by atoms with Crippen molar-refractivity contribution in [2.45, 2.75) is 51.8 Å². The van der Waals surface area contributed by atoms with Gasteiger partial charge in [-0.15, -0.1) is 0 Å². The number of hydrogen-bond acceptors (Lipinski definition) is 5. The van der Waals surface area contributed by atoms with Crippen LogP contribution in [-0.2, 0) is 17.8 Å². The van der Waals surface area contributed by atoms with Gasteiger partial charge in [-0.05, 0) is 80.9 Å². The zero-order chi connectivity index (χ0) is 22.3. The van der Waals surface area contributed by atoms with E-state index >= 15 is 0 Å². The number of phenols is 1. The summed E-state index contributed by atoms with van der Waals surface area (Å²) in [5, 5.41) is 10.4. The van der Waals surface area contributed by atoms with Crippen molar-refractivity contribution in [3.8, 4) is 11.5 Å². The first-order valence-corrected chi connectivity index (χ1v) is 12.1. The molecule has 2 aliphatic rings. The molecule has 0 radical (unpaired) electrons. The number of ether oxygens (including phenoxy) is 2. The van der Waals surface area contributed by atoms with Crippen LogP contribution in [0, 0.1) is 12.8 Å². The molecule has 174 valence electrons. The van der Waals surface area contributed by atoms with E-state index in [-0.39, 0.29) is 0 Å². The molecule has 0 spiro atoms. The molecule has 0 aliphatic carbocycles. The highest BCUT2D eigenvalue weighted by molar-refractivity contribution is 5.39. The van der Waals surface area contributed by atoms with Gasteiger partial charge in [-0.25, -0.2) is 0 Å². The van der Waals surface area contributed by atoms with Crippen LogP contribution in [0.4, 0.5) is 0 Å². The predicted octanol–water partition coefficient (Wildman–Crippen LogP) is 4.60. The van der Waals surface area contributed by atoms with Gasteiger partial charge in [0, 0.05) is 38.3 Å². The molecule has 2 heterocycles. The fourth-order valence-corrected chi connectivity index (χ4v) is 5.06. The first-order chi connectivity index (χ1) is 15.6. The number of likely N-dealkylation sites (tertiary alicyclic amines) is 1. The normalized spacial score (nSPS) is 20.2. The topological polar surface area (TPSA) is 45.2 Å². The smallest absolute Gasteiger partial charge is 0.120 e. The van der Waals surface area contributed by atoms with Crippen LogP contribution in [0.25, 0.3) is 0 Å². The van der Waals surface area contributed by atoms with E-state index in [1.165, 1.54) is 24.0 Å². The Morgan fingerprint density at radius 2 is 1.88 bits per heavy atom. The third-order valence-electron chi connectivity index (χ3n) is 7.05. The lowest BCUT2D eigenvalue weighted by Crippen LogP contribution is -2.40. The second-order valence-electron chi connectivity index (χ2n) is 9.47. The van der Waals surface area contributed by atoms with E-state index in [1.807, 2.05) is 12.1 Å². The number of phenolic OH excluding ortho intramolecular Hbond substituents is 1. The molecule has 2 fully saturated rings. The van der Waals surface area contributed by atoms with Crippen molar-refractivity contribution in [3.05, 3.63) is 59.2 Å². The molecule has 1 N–H and O–H groups in total. The fourth-order valence-electron chi connectivity index (χ4n) is 5.06. The minimum absolute atomic E-state index is 0.309. The van der Waals surface area contributed by atoms with Crippen LogP contribution >= 0.6 is 0 Å². The Morgan fingerprint density at radius 1 is 1.06 bits per heavy atom. The number of aryl methyl sites for hydroxylation is 1. The molecule has 32 heavy (non-hydrogen) atoms. The fraction of sp³-hybridized carbons (Fsp3) is 0.556. The Bertz CT molecular complexity index is 858. The zero-order valence-corrected chi connectivity index (χ0v) is 19.6. The van der Waals surface area contributed by atoms with Gasteiger partial charge in [0.1, 0.15) is 11.5 Å². The van der Waals surface area contributed by atoms with Gasteiger partial charge in [0.15, 0.2) is 0 Å². The third-order valence-corrected chi connectivity index (χ3v) is 7.05. The molecule has 2 saturated heterocycles. The summed E-state index contributed by atoms with van der Waals surface area (Å²) in [7, 11) is 1.67. The number of aromatic hydroxyl groups is 1. The molecule has 0 aromatic heterocycles. The van der Waals surface area contributed by atoms with Gasteiger partial charge in [-0.3, -0.25) is 9.80 Å². The molecule has 0 saturated carbocycles. The van der Waals surface area contributed by atoms with Gasteiger partial charge in [0.05, 0.1) is 13.2 Å². The monoisotopic (exact) mass is 438 g/mol. The quantitative estimate of drug-likeness (QED) is 0.620. The zero-order valence-electron chi connectivity index (χ0n) is 19.6. The molecule has 2 aromatic rings. The standard InChI is InChI=1S/C27H38N2O3/c1-21-6-3-4-7-23(21)18-28-13-11-22(12-14-28)17-29(20-26-8-5-15-32-26)19-24-16-25(31-2)9-10-27(24)30/h3-4,6-7,9-10,16,22,26,30H,5,8,11-15,17-20H2,1-2H3/t26-/m0/s1. The molecule has 0 bridgehead atoms. The van der Waals surface area contributed by atoms with Crippen LogP contribution in [0.3, 0.4) is 0 Å². The van der Waals surface area contributed by atoms with Crippen molar-refractivity contribution >= 4 is 0 Å². The maximum Gasteiger partial charge on any atom is 0.120 e. The van der Waals surface area contributed by atoms with Gasteiger partial charge in [0.25, 0.3) is 0 Å². The van der Waals surface area contributed by atoms with Crippen molar-refractivity contribution in [1.29, 1.82) is 0 Å². The van der Waals surface area contributed by atoms with E-state index < -0.39 is 0 Å². The molecule has 5 heteroatoms. The van der Waals surface area contributed by atoms with Crippen LogP contribution in [-0.4, -0.2) is 60.9 Å². The van der Waals surface area contributed by atoms with Gasteiger partial charge in [0.2, 0.25) is 0 Å². The van der Waals surface area contributed by atoms with Crippen LogP contribution in [0.2, 0.25) is 0 Å². The van der Waals surface area contributed by atoms with Crippen molar-refractivity contribution < 1.29 is 14.6 Å². The summed E-state index contributed by atoms with van der Waals surface area (Å²) in [6.45, 7) is 9.14. The number of piperidine rings is 1. The lowest BCUT2D eigenvalue weighted by atomic mass is 9.95. The summed E-state index contributed by atoms with van der Waals surface area (Å²) in [6, 6.07) is 14.2. The molecule has 2 aliphatic heterocycles. The lowest BCUT2D eigenvalue weighted by Gasteiger charge is -2.36. The molecule has 2 aromatic carbocycles. The number of benzene rings is 2. The number of nitrogens with zero attached hydrogens (tertiary/aromatic N) is 2. The van der Waals surface area contributed by atoms with Gasteiger partial charge in [-0.1, -0.05) is 24.3 Å². The van der Waals surface area contributed by atoms with E-state index in [0.29, 0.717) is 17.8 Å². The third kappa shape index (κ3) is 6.25. The molecule has 5 nitrogen and oxygen atoms in total. The van der Waals surface area contributed by atoms with Crippen LogP contribution in [0.1, 0.15) is 42.4 Å². The van der Waals surface area contributed by atoms with Crippen molar-refractivity contribution in [1.82, 2.24) is 9.80 Å². The summed E-state index contributed by atoms with van der Waals surface area (Å²) in [4.78, 5) is 5.09. The average molecular weight is 439 g/mol.